The van der Waals surface area contributed by atoms with Crippen LogP contribution in [0.15, 0.2) is 34.9 Å². The molecule has 1 atom stereocenters. The van der Waals surface area contributed by atoms with E-state index in [2.05, 4.69) is 22.6 Å². The number of urea groups is 1. The van der Waals surface area contributed by atoms with Crippen molar-refractivity contribution in [1.29, 1.82) is 0 Å². The molecule has 3 heterocycles. The predicted octanol–water partition coefficient (Wildman–Crippen LogP) is 3.46. The van der Waals surface area contributed by atoms with Crippen LogP contribution < -0.4 is 5.32 Å². The average molecular weight is 327 g/mol. The Morgan fingerprint density at radius 3 is 3.00 bits per heavy atom. The number of aromatic nitrogens is 1. The summed E-state index contributed by atoms with van der Waals surface area (Å²) in [5.41, 5.74) is 2.07. The average Bonchev–Trinajstić information content (AvgIpc) is 3.29. The summed E-state index contributed by atoms with van der Waals surface area (Å²) in [5.74, 6) is 1.45. The van der Waals surface area contributed by atoms with Crippen LogP contribution in [0.3, 0.4) is 0 Å². The number of anilines is 1. The van der Waals surface area contributed by atoms with Gasteiger partial charge in [-0.3, -0.25) is 5.32 Å². The molecule has 0 radical (unpaired) electrons. The topological polar surface area (TPSA) is 67.6 Å². The van der Waals surface area contributed by atoms with E-state index in [0.717, 1.165) is 12.2 Å². The summed E-state index contributed by atoms with van der Waals surface area (Å²) in [7, 11) is 0. The Labute approximate surface area is 140 Å². The van der Waals surface area contributed by atoms with E-state index in [1.807, 2.05) is 26.0 Å². The molecule has 6 heteroatoms. The Kier molecular flexibility index (Phi) is 3.57. The first-order valence-electron chi connectivity index (χ1n) is 8.32. The standard InChI is InChI=1S/C18H21N3O3/c1-12(2)15-9-16(20-24-15)19-17(22)21-8-7-18(11-21)14-6-4-3-5-13(14)10-23-18/h3-6,9,12H,7-8,10-11H2,1-2H3,(H,19,20,22). The maximum absolute atomic E-state index is 12.5. The Morgan fingerprint density at radius 1 is 1.38 bits per heavy atom. The molecule has 1 unspecified atom stereocenters. The molecule has 6 nitrogen and oxygen atoms in total. The second kappa shape index (κ2) is 5.63. The molecular formula is C18H21N3O3. The largest absolute Gasteiger partial charge is 0.364 e. The number of fused-ring (bicyclic) bond motifs is 2. The zero-order valence-corrected chi connectivity index (χ0v) is 13.9. The molecule has 1 fully saturated rings. The fraction of sp³-hybridized carbons (Fsp3) is 0.444. The molecule has 2 aliphatic rings. The highest BCUT2D eigenvalue weighted by Crippen LogP contribution is 2.43. The van der Waals surface area contributed by atoms with Gasteiger partial charge in [-0.15, -0.1) is 0 Å². The van der Waals surface area contributed by atoms with Gasteiger partial charge in [0.05, 0.1) is 13.2 Å². The summed E-state index contributed by atoms with van der Waals surface area (Å²) in [4.78, 5) is 14.3. The molecule has 0 bridgehead atoms. The normalized spacial score (nSPS) is 22.4. The first-order chi connectivity index (χ1) is 11.6. The van der Waals surface area contributed by atoms with E-state index in [-0.39, 0.29) is 17.6 Å². The molecule has 2 aromatic rings. The maximum Gasteiger partial charge on any atom is 0.323 e. The zero-order chi connectivity index (χ0) is 16.7. The SMILES string of the molecule is CC(C)c1cc(NC(=O)N2CCC3(C2)OCc2ccccc23)no1. The summed E-state index contributed by atoms with van der Waals surface area (Å²) in [6.07, 6.45) is 0.813. The fourth-order valence-corrected chi connectivity index (χ4v) is 3.49. The summed E-state index contributed by atoms with van der Waals surface area (Å²) in [5, 5.41) is 6.72. The van der Waals surface area contributed by atoms with E-state index in [0.29, 0.717) is 25.5 Å². The van der Waals surface area contributed by atoms with Gasteiger partial charge in [-0.05, 0) is 11.1 Å². The van der Waals surface area contributed by atoms with Gasteiger partial charge < -0.3 is 14.2 Å². The molecule has 1 N–H and O–H groups in total. The lowest BCUT2D eigenvalue weighted by Crippen LogP contribution is -2.36. The molecule has 24 heavy (non-hydrogen) atoms. The minimum absolute atomic E-state index is 0.163. The lowest BCUT2D eigenvalue weighted by atomic mass is 9.92. The van der Waals surface area contributed by atoms with Gasteiger partial charge in [-0.2, -0.15) is 0 Å². The van der Waals surface area contributed by atoms with Gasteiger partial charge in [0.1, 0.15) is 11.4 Å². The van der Waals surface area contributed by atoms with Crippen LogP contribution in [0.25, 0.3) is 0 Å². The number of carbonyl (C=O) groups excluding carboxylic acids is 1. The molecule has 1 aromatic carbocycles. The number of hydrogen-bond donors (Lipinski definition) is 1. The summed E-state index contributed by atoms with van der Waals surface area (Å²) >= 11 is 0. The third-order valence-electron chi connectivity index (χ3n) is 4.86. The van der Waals surface area contributed by atoms with Crippen LogP contribution in [0.5, 0.6) is 0 Å². The van der Waals surface area contributed by atoms with Gasteiger partial charge in [0.2, 0.25) is 0 Å². The number of amides is 2. The smallest absolute Gasteiger partial charge is 0.323 e. The number of likely N-dealkylation sites (tertiary alicyclic amines) is 1. The fourth-order valence-electron chi connectivity index (χ4n) is 3.49. The number of ether oxygens (including phenoxy) is 1. The van der Waals surface area contributed by atoms with Crippen molar-refractivity contribution in [2.75, 3.05) is 18.4 Å². The maximum atomic E-state index is 12.5. The van der Waals surface area contributed by atoms with Crippen LogP contribution in [0.4, 0.5) is 10.6 Å². The number of nitrogens with one attached hydrogen (secondary N) is 1. The molecule has 2 amide bonds. The second-order valence-corrected chi connectivity index (χ2v) is 6.81. The van der Waals surface area contributed by atoms with Crippen molar-refractivity contribution in [1.82, 2.24) is 10.1 Å². The molecular weight excluding hydrogens is 306 g/mol. The minimum atomic E-state index is -0.360. The van der Waals surface area contributed by atoms with Gasteiger partial charge >= 0.3 is 6.03 Å². The van der Waals surface area contributed by atoms with E-state index in [1.54, 1.807) is 11.0 Å². The lowest BCUT2D eigenvalue weighted by molar-refractivity contribution is -0.0269. The van der Waals surface area contributed by atoms with Crippen LogP contribution >= 0.6 is 0 Å². The first kappa shape index (κ1) is 15.2. The van der Waals surface area contributed by atoms with Crippen LogP contribution in [0.1, 0.15) is 43.1 Å². The number of carbonyl (C=O) groups is 1. The monoisotopic (exact) mass is 327 g/mol. The second-order valence-electron chi connectivity index (χ2n) is 6.81. The quantitative estimate of drug-likeness (QED) is 0.917. The molecule has 0 aliphatic carbocycles. The number of nitrogens with zero attached hydrogens (tertiary/aromatic N) is 2. The summed E-state index contributed by atoms with van der Waals surface area (Å²) in [6, 6.07) is 9.86. The van der Waals surface area contributed by atoms with E-state index in [9.17, 15) is 4.79 Å². The molecule has 126 valence electrons. The number of rotatable bonds is 2. The van der Waals surface area contributed by atoms with E-state index in [4.69, 9.17) is 9.26 Å². The van der Waals surface area contributed by atoms with Gasteiger partial charge in [-0.1, -0.05) is 43.3 Å². The van der Waals surface area contributed by atoms with Crippen molar-refractivity contribution in [2.45, 2.75) is 38.4 Å². The van der Waals surface area contributed by atoms with Crippen LogP contribution in [0.2, 0.25) is 0 Å². The molecule has 1 spiro atoms. The molecule has 0 saturated carbocycles. The third-order valence-corrected chi connectivity index (χ3v) is 4.86. The van der Waals surface area contributed by atoms with Crippen molar-refractivity contribution in [2.24, 2.45) is 0 Å². The van der Waals surface area contributed by atoms with Gasteiger partial charge in [0.25, 0.3) is 0 Å². The van der Waals surface area contributed by atoms with Crippen molar-refractivity contribution in [3.8, 4) is 0 Å². The Bertz CT molecular complexity index is 770. The highest BCUT2D eigenvalue weighted by Gasteiger charge is 2.46. The molecule has 2 aliphatic heterocycles. The van der Waals surface area contributed by atoms with E-state index < -0.39 is 0 Å². The van der Waals surface area contributed by atoms with E-state index >= 15 is 0 Å². The minimum Gasteiger partial charge on any atom is -0.364 e. The van der Waals surface area contributed by atoms with E-state index in [1.165, 1.54) is 11.1 Å². The van der Waals surface area contributed by atoms with Crippen molar-refractivity contribution < 1.29 is 14.1 Å². The van der Waals surface area contributed by atoms with Crippen molar-refractivity contribution >= 4 is 11.8 Å². The summed E-state index contributed by atoms with van der Waals surface area (Å²) in [6.45, 7) is 5.88. The van der Waals surface area contributed by atoms with Gasteiger partial charge in [0, 0.05) is 24.9 Å². The highest BCUT2D eigenvalue weighted by molar-refractivity contribution is 5.88. The predicted molar refractivity (Wildman–Crippen MR) is 88.7 cm³/mol. The molecule has 1 aromatic heterocycles. The Morgan fingerprint density at radius 2 is 2.21 bits per heavy atom. The zero-order valence-electron chi connectivity index (χ0n) is 13.9. The summed E-state index contributed by atoms with van der Waals surface area (Å²) < 4.78 is 11.3. The lowest BCUT2D eigenvalue weighted by Gasteiger charge is -2.24. The third kappa shape index (κ3) is 2.47. The first-order valence-corrected chi connectivity index (χ1v) is 8.32. The van der Waals surface area contributed by atoms with Crippen molar-refractivity contribution in [3.05, 3.63) is 47.2 Å². The van der Waals surface area contributed by atoms with Crippen LogP contribution in [0, 0.1) is 0 Å². The van der Waals surface area contributed by atoms with Crippen LogP contribution in [-0.4, -0.2) is 29.2 Å². The Balaban J connectivity index is 1.46. The Hall–Kier alpha value is -2.34. The molecule has 1 saturated heterocycles. The molecule has 4 rings (SSSR count). The highest BCUT2D eigenvalue weighted by atomic mass is 16.5. The van der Waals surface area contributed by atoms with Crippen molar-refractivity contribution in [3.63, 3.8) is 0 Å². The van der Waals surface area contributed by atoms with Gasteiger partial charge in [-0.25, -0.2) is 4.79 Å². The number of hydrogen-bond acceptors (Lipinski definition) is 4. The number of benzene rings is 1. The van der Waals surface area contributed by atoms with Crippen LogP contribution in [-0.2, 0) is 16.9 Å². The van der Waals surface area contributed by atoms with Gasteiger partial charge in [0.15, 0.2) is 5.82 Å².